The summed E-state index contributed by atoms with van der Waals surface area (Å²) in [4.78, 5) is 36.2. The maximum atomic E-state index is 13.8. The van der Waals surface area contributed by atoms with Crippen molar-refractivity contribution in [1.29, 1.82) is 0 Å². The van der Waals surface area contributed by atoms with Gasteiger partial charge in [0.25, 0.3) is 5.91 Å². The van der Waals surface area contributed by atoms with E-state index in [9.17, 15) is 9.59 Å². The first-order chi connectivity index (χ1) is 17.4. The first-order valence-electron chi connectivity index (χ1n) is 11.7. The molecule has 3 aromatic carbocycles. The zero-order chi connectivity index (χ0) is 25.2. The summed E-state index contributed by atoms with van der Waals surface area (Å²) in [6, 6.07) is 23.1. The van der Waals surface area contributed by atoms with Crippen LogP contribution in [-0.4, -0.2) is 34.8 Å². The fourth-order valence-corrected chi connectivity index (χ4v) is 6.71. The number of amidine groups is 1. The van der Waals surface area contributed by atoms with E-state index in [0.29, 0.717) is 45.9 Å². The quantitative estimate of drug-likeness (QED) is 0.249. The van der Waals surface area contributed by atoms with Crippen LogP contribution in [0.5, 0.6) is 0 Å². The van der Waals surface area contributed by atoms with Crippen LogP contribution >= 0.6 is 35.1 Å². The summed E-state index contributed by atoms with van der Waals surface area (Å²) in [5.74, 6) is -0.0782. The highest BCUT2D eigenvalue weighted by atomic mass is 35.5. The molecule has 1 amide bonds. The molecule has 182 valence electrons. The number of thioether (sulfide) groups is 2. The lowest BCUT2D eigenvalue weighted by Gasteiger charge is -2.19. The summed E-state index contributed by atoms with van der Waals surface area (Å²) in [5, 5.41) is 2.18. The average Bonchev–Trinajstić information content (AvgIpc) is 3.39. The fourth-order valence-electron chi connectivity index (χ4n) is 4.14. The molecule has 8 heteroatoms. The van der Waals surface area contributed by atoms with Gasteiger partial charge in [0.15, 0.2) is 11.0 Å². The van der Waals surface area contributed by atoms with E-state index < -0.39 is 0 Å². The number of halogens is 1. The van der Waals surface area contributed by atoms with Gasteiger partial charge in [-0.05, 0) is 67.9 Å². The first-order valence-corrected chi connectivity index (χ1v) is 13.7. The first kappa shape index (κ1) is 24.7. The Kier molecular flexibility index (Phi) is 7.23. The molecule has 3 aromatic rings. The van der Waals surface area contributed by atoms with E-state index in [2.05, 4.69) is 24.0 Å². The third-order valence-electron chi connectivity index (χ3n) is 5.98. The molecule has 0 N–H and O–H groups in total. The van der Waals surface area contributed by atoms with Crippen LogP contribution in [0, 0.1) is 0 Å². The number of anilines is 1. The van der Waals surface area contributed by atoms with Gasteiger partial charge < -0.3 is 4.90 Å². The van der Waals surface area contributed by atoms with Gasteiger partial charge in [-0.25, -0.2) is 4.99 Å². The minimum Gasteiger partial charge on any atom is -0.334 e. The second-order valence-electron chi connectivity index (χ2n) is 8.39. The second kappa shape index (κ2) is 10.5. The molecule has 0 aliphatic carbocycles. The largest absolute Gasteiger partial charge is 0.334 e. The van der Waals surface area contributed by atoms with Crippen molar-refractivity contribution in [2.24, 2.45) is 4.99 Å². The minimum absolute atomic E-state index is 0.0201. The SMILES string of the molecule is CCN1C(=C2SC(=Nc3cccc(C(C)=O)c3)N(CCc3ccccc3)C2=O)Sc2ccc(Cl)cc21. The summed E-state index contributed by atoms with van der Waals surface area (Å²) >= 11 is 9.25. The van der Waals surface area contributed by atoms with E-state index in [1.165, 1.54) is 18.7 Å². The lowest BCUT2D eigenvalue weighted by atomic mass is 10.1. The number of carbonyl (C=O) groups is 2. The molecule has 0 aromatic heterocycles. The van der Waals surface area contributed by atoms with Crippen molar-refractivity contribution in [1.82, 2.24) is 4.90 Å². The van der Waals surface area contributed by atoms with Crippen molar-refractivity contribution < 1.29 is 9.59 Å². The molecule has 1 fully saturated rings. The summed E-state index contributed by atoms with van der Waals surface area (Å²) in [6.45, 7) is 4.82. The molecule has 36 heavy (non-hydrogen) atoms. The average molecular weight is 534 g/mol. The zero-order valence-corrected chi connectivity index (χ0v) is 22.3. The van der Waals surface area contributed by atoms with Crippen LogP contribution in [0.4, 0.5) is 11.4 Å². The van der Waals surface area contributed by atoms with E-state index in [1.807, 2.05) is 48.5 Å². The molecule has 0 bridgehead atoms. The Morgan fingerprint density at radius 1 is 0.972 bits per heavy atom. The van der Waals surface area contributed by atoms with Crippen molar-refractivity contribution in [3.8, 4) is 0 Å². The van der Waals surface area contributed by atoms with Crippen molar-refractivity contribution in [2.75, 3.05) is 18.0 Å². The number of fused-ring (bicyclic) bond motifs is 1. The Morgan fingerprint density at radius 3 is 2.53 bits per heavy atom. The number of benzene rings is 3. The van der Waals surface area contributed by atoms with Gasteiger partial charge in [0.05, 0.1) is 11.4 Å². The number of nitrogens with zero attached hydrogens (tertiary/aromatic N) is 3. The maximum absolute atomic E-state index is 13.8. The van der Waals surface area contributed by atoms with Gasteiger partial charge in [-0.3, -0.25) is 14.5 Å². The highest BCUT2D eigenvalue weighted by molar-refractivity contribution is 8.19. The van der Waals surface area contributed by atoms with Gasteiger partial charge >= 0.3 is 0 Å². The maximum Gasteiger partial charge on any atom is 0.269 e. The molecular formula is C28H24ClN3O2S2. The zero-order valence-electron chi connectivity index (χ0n) is 19.9. The minimum atomic E-state index is -0.0581. The summed E-state index contributed by atoms with van der Waals surface area (Å²) in [6.07, 6.45) is 0.711. The van der Waals surface area contributed by atoms with E-state index in [1.54, 1.807) is 28.8 Å². The lowest BCUT2D eigenvalue weighted by Crippen LogP contribution is -2.32. The van der Waals surface area contributed by atoms with Gasteiger partial charge in [0.1, 0.15) is 9.93 Å². The van der Waals surface area contributed by atoms with Crippen molar-refractivity contribution >= 4 is 63.4 Å². The van der Waals surface area contributed by atoms with Crippen molar-refractivity contribution in [2.45, 2.75) is 25.2 Å². The predicted octanol–water partition coefficient (Wildman–Crippen LogP) is 7.15. The van der Waals surface area contributed by atoms with E-state index in [0.717, 1.165) is 21.2 Å². The molecule has 1 saturated heterocycles. The molecule has 0 unspecified atom stereocenters. The van der Waals surface area contributed by atoms with Crippen molar-refractivity contribution in [3.63, 3.8) is 0 Å². The Morgan fingerprint density at radius 2 is 1.78 bits per heavy atom. The Hall–Kier alpha value is -3.00. The molecular weight excluding hydrogens is 510 g/mol. The van der Waals surface area contributed by atoms with Gasteiger partial charge in [-0.1, -0.05) is 65.8 Å². The second-order valence-corrected chi connectivity index (χ2v) is 10.8. The molecule has 0 atom stereocenters. The van der Waals surface area contributed by atoms with Gasteiger partial charge in [-0.15, -0.1) is 0 Å². The van der Waals surface area contributed by atoms with E-state index in [4.69, 9.17) is 16.6 Å². The molecule has 0 radical (unpaired) electrons. The number of rotatable bonds is 6. The van der Waals surface area contributed by atoms with E-state index in [-0.39, 0.29) is 11.7 Å². The number of carbonyl (C=O) groups excluding carboxylic acids is 2. The van der Waals surface area contributed by atoms with Gasteiger partial charge in [-0.2, -0.15) is 0 Å². The monoisotopic (exact) mass is 533 g/mol. The number of hydrogen-bond acceptors (Lipinski definition) is 6. The van der Waals surface area contributed by atoms with Crippen LogP contribution in [0.3, 0.4) is 0 Å². The number of Topliss-reactive ketones (excluding diaryl/α,β-unsaturated/α-hetero) is 1. The summed E-state index contributed by atoms with van der Waals surface area (Å²) in [5.41, 5.74) is 3.41. The molecule has 5 nitrogen and oxygen atoms in total. The summed E-state index contributed by atoms with van der Waals surface area (Å²) in [7, 11) is 0. The molecule has 0 saturated carbocycles. The molecule has 5 rings (SSSR count). The van der Waals surface area contributed by atoms with E-state index >= 15 is 0 Å². The smallest absolute Gasteiger partial charge is 0.269 e. The topological polar surface area (TPSA) is 53.0 Å². The third-order valence-corrected chi connectivity index (χ3v) is 8.60. The van der Waals surface area contributed by atoms with Crippen molar-refractivity contribution in [3.05, 3.63) is 98.9 Å². The number of aliphatic imine (C=N–C) groups is 1. The fraction of sp³-hybridized carbons (Fsp3) is 0.179. The Labute approximate surface area is 224 Å². The number of hydrogen-bond donors (Lipinski definition) is 0. The molecule has 2 heterocycles. The van der Waals surface area contributed by atoms with Gasteiger partial charge in [0, 0.05) is 28.6 Å². The Bertz CT molecular complexity index is 1400. The van der Waals surface area contributed by atoms with Crippen LogP contribution in [0.15, 0.2) is 92.6 Å². The van der Waals surface area contributed by atoms with Crippen LogP contribution in [0.1, 0.15) is 29.8 Å². The highest BCUT2D eigenvalue weighted by Crippen LogP contribution is 2.51. The predicted molar refractivity (Wildman–Crippen MR) is 150 cm³/mol. The number of ketones is 1. The van der Waals surface area contributed by atoms with Crippen LogP contribution in [0.2, 0.25) is 5.02 Å². The molecule has 2 aliphatic rings. The van der Waals surface area contributed by atoms with Crippen LogP contribution in [0.25, 0.3) is 0 Å². The van der Waals surface area contributed by atoms with Crippen LogP contribution < -0.4 is 4.90 Å². The lowest BCUT2D eigenvalue weighted by molar-refractivity contribution is -0.122. The summed E-state index contributed by atoms with van der Waals surface area (Å²) < 4.78 is 0. The van der Waals surface area contributed by atoms with Gasteiger partial charge in [0.2, 0.25) is 0 Å². The van der Waals surface area contributed by atoms with Crippen LogP contribution in [-0.2, 0) is 11.2 Å². The molecule has 2 aliphatic heterocycles. The standard InChI is InChI=1S/C28H24ClN3O2S2/c1-3-31-23-17-21(29)12-13-24(23)35-27(31)25-26(34)32(15-14-19-8-5-4-6-9-19)28(36-25)30-22-11-7-10-20(16-22)18(2)33/h4-13,16-17H,3,14-15H2,1-2H3. The highest BCUT2D eigenvalue weighted by Gasteiger charge is 2.39. The Balaban J connectivity index is 1.53. The molecule has 0 spiro atoms. The normalized spacial score (nSPS) is 18.3. The third kappa shape index (κ3) is 4.96. The number of amides is 1.